The van der Waals surface area contributed by atoms with Crippen molar-refractivity contribution in [3.63, 3.8) is 0 Å². The van der Waals surface area contributed by atoms with Crippen LogP contribution in [0, 0.1) is 16.7 Å². The van der Waals surface area contributed by atoms with Crippen molar-refractivity contribution >= 4 is 0 Å². The van der Waals surface area contributed by atoms with Gasteiger partial charge in [-0.15, -0.1) is 0 Å². The molecule has 1 aliphatic rings. The Balaban J connectivity index is 2.63. The molecule has 0 aromatic heterocycles. The molecule has 0 radical (unpaired) electrons. The van der Waals surface area contributed by atoms with E-state index in [0.717, 1.165) is 19.3 Å². The Hall–Kier alpha value is -0.550. The van der Waals surface area contributed by atoms with Crippen molar-refractivity contribution in [3.8, 4) is 6.07 Å². The third-order valence-corrected chi connectivity index (χ3v) is 2.66. The lowest BCUT2D eigenvalue weighted by Crippen LogP contribution is -2.35. The molecule has 0 amide bonds. The zero-order chi connectivity index (χ0) is 8.48. The van der Waals surface area contributed by atoms with Crippen molar-refractivity contribution in [2.75, 3.05) is 14.1 Å². The minimum Gasteiger partial charge on any atom is -0.305 e. The van der Waals surface area contributed by atoms with Crippen LogP contribution in [0.2, 0.25) is 0 Å². The zero-order valence-corrected chi connectivity index (χ0v) is 7.59. The maximum atomic E-state index is 8.93. The third kappa shape index (κ3) is 1.39. The van der Waals surface area contributed by atoms with Crippen molar-refractivity contribution in [1.29, 1.82) is 5.26 Å². The minimum absolute atomic E-state index is 0.0122. The van der Waals surface area contributed by atoms with Crippen LogP contribution in [0.4, 0.5) is 0 Å². The molecule has 1 aliphatic carbocycles. The van der Waals surface area contributed by atoms with Crippen LogP contribution in [-0.4, -0.2) is 25.0 Å². The Morgan fingerprint density at radius 2 is 2.09 bits per heavy atom. The first-order valence-corrected chi connectivity index (χ1v) is 4.24. The van der Waals surface area contributed by atoms with Crippen molar-refractivity contribution < 1.29 is 0 Å². The Morgan fingerprint density at radius 1 is 1.55 bits per heavy atom. The van der Waals surface area contributed by atoms with Crippen molar-refractivity contribution in [1.82, 2.24) is 4.90 Å². The Morgan fingerprint density at radius 3 is 2.18 bits per heavy atom. The van der Waals surface area contributed by atoms with Gasteiger partial charge in [-0.3, -0.25) is 0 Å². The van der Waals surface area contributed by atoms with Crippen LogP contribution in [0.3, 0.4) is 0 Å². The van der Waals surface area contributed by atoms with E-state index in [4.69, 9.17) is 5.26 Å². The summed E-state index contributed by atoms with van der Waals surface area (Å²) < 4.78 is 0. The molecule has 0 aromatic carbocycles. The summed E-state index contributed by atoms with van der Waals surface area (Å²) in [6.07, 6.45) is 3.28. The highest BCUT2D eigenvalue weighted by Crippen LogP contribution is 2.50. The molecule has 1 unspecified atom stereocenters. The van der Waals surface area contributed by atoms with Crippen LogP contribution in [0.1, 0.15) is 26.2 Å². The Labute approximate surface area is 68.8 Å². The Kier molecular flexibility index (Phi) is 2.20. The van der Waals surface area contributed by atoms with Gasteiger partial charge in [0.15, 0.2) is 0 Å². The number of hydrogen-bond donors (Lipinski definition) is 0. The molecule has 0 heterocycles. The van der Waals surface area contributed by atoms with E-state index in [9.17, 15) is 0 Å². The maximum Gasteiger partial charge on any atom is 0.0729 e. The molecule has 0 aliphatic heterocycles. The summed E-state index contributed by atoms with van der Waals surface area (Å²) in [4.78, 5) is 2.18. The molecule has 1 rings (SSSR count). The highest BCUT2D eigenvalue weighted by Gasteiger charge is 2.49. The molecule has 0 N–H and O–H groups in total. The molecule has 11 heavy (non-hydrogen) atoms. The second-order valence-electron chi connectivity index (χ2n) is 3.66. The fourth-order valence-electron chi connectivity index (χ4n) is 1.90. The number of nitrogens with zero attached hydrogens (tertiary/aromatic N) is 2. The fourth-order valence-corrected chi connectivity index (χ4v) is 1.90. The number of rotatable bonds is 3. The molecule has 2 heteroatoms. The lowest BCUT2D eigenvalue weighted by Gasteiger charge is -2.26. The normalized spacial score (nSPS) is 22.8. The molecular weight excluding hydrogens is 136 g/mol. The summed E-state index contributed by atoms with van der Waals surface area (Å²) in [5.41, 5.74) is 0.0122. The van der Waals surface area contributed by atoms with Crippen molar-refractivity contribution in [2.24, 2.45) is 5.41 Å². The molecular formula is C9H16N2. The monoisotopic (exact) mass is 152 g/mol. The van der Waals surface area contributed by atoms with Gasteiger partial charge in [-0.05, 0) is 33.4 Å². The van der Waals surface area contributed by atoms with E-state index in [0.29, 0.717) is 6.04 Å². The van der Waals surface area contributed by atoms with Gasteiger partial charge in [0.05, 0.1) is 11.5 Å². The average Bonchev–Trinajstić information content (AvgIpc) is 2.70. The smallest absolute Gasteiger partial charge is 0.0729 e. The molecule has 2 nitrogen and oxygen atoms in total. The van der Waals surface area contributed by atoms with Gasteiger partial charge in [0.1, 0.15) is 0 Å². The molecule has 1 saturated carbocycles. The molecule has 1 atom stereocenters. The summed E-state index contributed by atoms with van der Waals surface area (Å²) in [5.74, 6) is 0. The van der Waals surface area contributed by atoms with Crippen LogP contribution < -0.4 is 0 Å². The molecule has 62 valence electrons. The SMILES string of the molecule is CCC(N(C)C)C1(C#N)CC1. The Bertz CT molecular complexity index is 174. The summed E-state index contributed by atoms with van der Waals surface area (Å²) in [7, 11) is 4.12. The quantitative estimate of drug-likeness (QED) is 0.614. The summed E-state index contributed by atoms with van der Waals surface area (Å²) in [6.45, 7) is 2.15. The van der Waals surface area contributed by atoms with Crippen LogP contribution in [-0.2, 0) is 0 Å². The predicted octanol–water partition coefficient (Wildman–Crippen LogP) is 1.63. The topological polar surface area (TPSA) is 27.0 Å². The van der Waals surface area contributed by atoms with Crippen LogP contribution in [0.15, 0.2) is 0 Å². The van der Waals surface area contributed by atoms with Crippen molar-refractivity contribution in [3.05, 3.63) is 0 Å². The van der Waals surface area contributed by atoms with E-state index < -0.39 is 0 Å². The van der Waals surface area contributed by atoms with Gasteiger partial charge < -0.3 is 4.90 Å². The zero-order valence-electron chi connectivity index (χ0n) is 7.59. The van der Waals surface area contributed by atoms with E-state index in [1.54, 1.807) is 0 Å². The molecule has 1 fully saturated rings. The first kappa shape index (κ1) is 8.55. The summed E-state index contributed by atoms with van der Waals surface area (Å²) >= 11 is 0. The van der Waals surface area contributed by atoms with Gasteiger partial charge in [-0.1, -0.05) is 6.92 Å². The molecule has 0 saturated heterocycles. The van der Waals surface area contributed by atoms with E-state index in [2.05, 4.69) is 32.0 Å². The first-order chi connectivity index (χ1) is 5.16. The number of nitriles is 1. The number of hydrogen-bond acceptors (Lipinski definition) is 2. The van der Waals surface area contributed by atoms with Crippen LogP contribution in [0.5, 0.6) is 0 Å². The van der Waals surface area contributed by atoms with Gasteiger partial charge in [-0.25, -0.2) is 0 Å². The maximum absolute atomic E-state index is 8.93. The molecule has 0 bridgehead atoms. The third-order valence-electron chi connectivity index (χ3n) is 2.66. The fraction of sp³-hybridized carbons (Fsp3) is 0.889. The van der Waals surface area contributed by atoms with Crippen LogP contribution >= 0.6 is 0 Å². The second-order valence-corrected chi connectivity index (χ2v) is 3.66. The van der Waals surface area contributed by atoms with Gasteiger partial charge in [0.2, 0.25) is 0 Å². The van der Waals surface area contributed by atoms with E-state index in [1.165, 1.54) is 0 Å². The van der Waals surface area contributed by atoms with E-state index >= 15 is 0 Å². The standard InChI is InChI=1S/C9H16N2/c1-4-8(11(2)3)9(7-10)5-6-9/h8H,4-6H2,1-3H3. The van der Waals surface area contributed by atoms with Gasteiger partial charge in [-0.2, -0.15) is 5.26 Å². The lowest BCUT2D eigenvalue weighted by atomic mass is 9.95. The summed E-state index contributed by atoms with van der Waals surface area (Å²) in [5, 5.41) is 8.93. The van der Waals surface area contributed by atoms with Gasteiger partial charge in [0.25, 0.3) is 0 Å². The second kappa shape index (κ2) is 2.83. The largest absolute Gasteiger partial charge is 0.305 e. The van der Waals surface area contributed by atoms with Crippen LogP contribution in [0.25, 0.3) is 0 Å². The van der Waals surface area contributed by atoms with Gasteiger partial charge in [0, 0.05) is 6.04 Å². The highest BCUT2D eigenvalue weighted by molar-refractivity contribution is 5.15. The lowest BCUT2D eigenvalue weighted by molar-refractivity contribution is 0.222. The highest BCUT2D eigenvalue weighted by atomic mass is 15.1. The molecule has 0 aromatic rings. The predicted molar refractivity (Wildman–Crippen MR) is 45.0 cm³/mol. The van der Waals surface area contributed by atoms with Crippen molar-refractivity contribution in [2.45, 2.75) is 32.2 Å². The molecule has 0 spiro atoms. The first-order valence-electron chi connectivity index (χ1n) is 4.24. The minimum atomic E-state index is 0.0122. The average molecular weight is 152 g/mol. The van der Waals surface area contributed by atoms with E-state index in [1.807, 2.05) is 0 Å². The van der Waals surface area contributed by atoms with E-state index in [-0.39, 0.29) is 5.41 Å². The van der Waals surface area contributed by atoms with Gasteiger partial charge >= 0.3 is 0 Å². The summed E-state index contributed by atoms with van der Waals surface area (Å²) in [6, 6.07) is 2.91.